The molecule has 1 saturated heterocycles. The molecule has 0 aliphatic carbocycles. The Morgan fingerprint density at radius 2 is 1.96 bits per heavy atom. The lowest BCUT2D eigenvalue weighted by atomic mass is 9.80. The van der Waals surface area contributed by atoms with E-state index in [4.69, 9.17) is 21.1 Å². The monoisotopic (exact) mass is 351 g/mol. The maximum Gasteiger partial charge on any atom is 0.410 e. The first kappa shape index (κ1) is 17.4. The summed E-state index contributed by atoms with van der Waals surface area (Å²) in [4.78, 5) is 14.0. The molecule has 0 spiro atoms. The number of carbonyl (C=O) groups excluding carboxylic acids is 1. The van der Waals surface area contributed by atoms with E-state index in [1.54, 1.807) is 0 Å². The van der Waals surface area contributed by atoms with Crippen molar-refractivity contribution in [3.63, 3.8) is 0 Å². The zero-order chi connectivity index (χ0) is 17.3. The molecule has 0 bridgehead atoms. The largest absolute Gasteiger partial charge is 0.493 e. The minimum Gasteiger partial charge on any atom is -0.493 e. The molecule has 5 heteroatoms. The van der Waals surface area contributed by atoms with Gasteiger partial charge in [-0.15, -0.1) is 0 Å². The third kappa shape index (κ3) is 4.15. The number of halogens is 1. The molecular formula is C19H26ClNO3. The molecule has 0 aromatic heterocycles. The van der Waals surface area contributed by atoms with Gasteiger partial charge in [0.25, 0.3) is 0 Å². The van der Waals surface area contributed by atoms with Gasteiger partial charge in [-0.05, 0) is 69.7 Å². The van der Waals surface area contributed by atoms with Crippen molar-refractivity contribution < 1.29 is 14.3 Å². The highest BCUT2D eigenvalue weighted by molar-refractivity contribution is 6.30. The van der Waals surface area contributed by atoms with Crippen molar-refractivity contribution in [2.45, 2.75) is 45.6 Å². The van der Waals surface area contributed by atoms with E-state index in [1.807, 2.05) is 43.9 Å². The zero-order valence-corrected chi connectivity index (χ0v) is 15.4. The van der Waals surface area contributed by atoms with Crippen LogP contribution in [0, 0.1) is 11.8 Å². The molecule has 2 heterocycles. The SMILES string of the molecule is CC(C)(C)OC(=O)N1CCC(C2COc3ccc(Cl)cc3C2)CC1. The van der Waals surface area contributed by atoms with Crippen molar-refractivity contribution >= 4 is 17.7 Å². The topological polar surface area (TPSA) is 38.8 Å². The van der Waals surface area contributed by atoms with Crippen LogP contribution in [-0.2, 0) is 11.2 Å². The Labute approximate surface area is 149 Å². The molecule has 24 heavy (non-hydrogen) atoms. The van der Waals surface area contributed by atoms with E-state index in [0.717, 1.165) is 49.7 Å². The summed E-state index contributed by atoms with van der Waals surface area (Å²) >= 11 is 6.10. The molecule has 2 aliphatic rings. The summed E-state index contributed by atoms with van der Waals surface area (Å²) in [6.45, 7) is 7.99. The van der Waals surface area contributed by atoms with Crippen LogP contribution in [0.3, 0.4) is 0 Å². The lowest BCUT2D eigenvalue weighted by Crippen LogP contribution is -2.44. The van der Waals surface area contributed by atoms with E-state index in [2.05, 4.69) is 0 Å². The molecule has 1 aromatic rings. The molecule has 1 atom stereocenters. The van der Waals surface area contributed by atoms with E-state index in [0.29, 0.717) is 11.8 Å². The molecule has 1 unspecified atom stereocenters. The lowest BCUT2D eigenvalue weighted by molar-refractivity contribution is 0.0139. The number of rotatable bonds is 1. The molecule has 1 amide bonds. The number of hydrogen-bond donors (Lipinski definition) is 0. The highest BCUT2D eigenvalue weighted by atomic mass is 35.5. The molecule has 4 nitrogen and oxygen atoms in total. The molecule has 0 saturated carbocycles. The Bertz CT molecular complexity index is 603. The number of amides is 1. The van der Waals surface area contributed by atoms with Crippen LogP contribution in [0.2, 0.25) is 5.02 Å². The van der Waals surface area contributed by atoms with E-state index < -0.39 is 5.60 Å². The van der Waals surface area contributed by atoms with Gasteiger partial charge in [0.15, 0.2) is 0 Å². The number of hydrogen-bond acceptors (Lipinski definition) is 3. The number of fused-ring (bicyclic) bond motifs is 1. The van der Waals surface area contributed by atoms with Gasteiger partial charge < -0.3 is 14.4 Å². The summed E-state index contributed by atoms with van der Waals surface area (Å²) in [6, 6.07) is 5.85. The normalized spacial score (nSPS) is 21.8. The molecular weight excluding hydrogens is 326 g/mol. The van der Waals surface area contributed by atoms with Crippen molar-refractivity contribution in [2.75, 3.05) is 19.7 Å². The van der Waals surface area contributed by atoms with Crippen LogP contribution in [0.4, 0.5) is 4.79 Å². The standard InChI is InChI=1S/C19H26ClNO3/c1-19(2,3)24-18(22)21-8-6-13(7-9-21)15-10-14-11-16(20)4-5-17(14)23-12-15/h4-5,11,13,15H,6-10,12H2,1-3H3. The van der Waals surface area contributed by atoms with Crippen LogP contribution in [0.15, 0.2) is 18.2 Å². The molecule has 0 N–H and O–H groups in total. The van der Waals surface area contributed by atoms with Crippen molar-refractivity contribution in [1.82, 2.24) is 4.90 Å². The Hall–Kier alpha value is -1.42. The van der Waals surface area contributed by atoms with Crippen molar-refractivity contribution in [1.29, 1.82) is 0 Å². The third-order valence-corrected chi connectivity index (χ3v) is 5.05. The minimum atomic E-state index is -0.436. The molecule has 2 aliphatic heterocycles. The van der Waals surface area contributed by atoms with Gasteiger partial charge in [-0.2, -0.15) is 0 Å². The van der Waals surface area contributed by atoms with E-state index >= 15 is 0 Å². The van der Waals surface area contributed by atoms with Gasteiger partial charge in [0.1, 0.15) is 11.4 Å². The van der Waals surface area contributed by atoms with Crippen LogP contribution in [0.25, 0.3) is 0 Å². The summed E-state index contributed by atoms with van der Waals surface area (Å²) in [5.41, 5.74) is 0.766. The first-order valence-corrected chi connectivity index (χ1v) is 9.09. The third-order valence-electron chi connectivity index (χ3n) is 4.82. The number of benzene rings is 1. The van der Waals surface area contributed by atoms with E-state index in [-0.39, 0.29) is 6.09 Å². The fraction of sp³-hybridized carbons (Fsp3) is 0.632. The number of ether oxygens (including phenoxy) is 2. The van der Waals surface area contributed by atoms with Crippen molar-refractivity contribution in [3.05, 3.63) is 28.8 Å². The molecule has 1 fully saturated rings. The number of likely N-dealkylation sites (tertiary alicyclic amines) is 1. The van der Waals surface area contributed by atoms with Crippen LogP contribution >= 0.6 is 11.6 Å². The number of nitrogens with zero attached hydrogens (tertiary/aromatic N) is 1. The Morgan fingerprint density at radius 1 is 1.25 bits per heavy atom. The van der Waals surface area contributed by atoms with Gasteiger partial charge >= 0.3 is 6.09 Å². The molecule has 3 rings (SSSR count). The maximum absolute atomic E-state index is 12.2. The second kappa shape index (κ2) is 6.83. The van der Waals surface area contributed by atoms with Crippen molar-refractivity contribution in [2.24, 2.45) is 11.8 Å². The van der Waals surface area contributed by atoms with Gasteiger partial charge in [0.2, 0.25) is 0 Å². The second-order valence-electron chi connectivity index (χ2n) is 7.83. The number of piperidine rings is 1. The van der Waals surface area contributed by atoms with Crippen LogP contribution in [-0.4, -0.2) is 36.3 Å². The van der Waals surface area contributed by atoms with Gasteiger partial charge in [-0.3, -0.25) is 0 Å². The van der Waals surface area contributed by atoms with Crippen LogP contribution in [0.1, 0.15) is 39.2 Å². The van der Waals surface area contributed by atoms with Gasteiger partial charge in [-0.1, -0.05) is 11.6 Å². The summed E-state index contributed by atoms with van der Waals surface area (Å²) in [6.07, 6.45) is 2.82. The van der Waals surface area contributed by atoms with Gasteiger partial charge in [0, 0.05) is 24.0 Å². The Kier molecular flexibility index (Phi) is 4.95. The smallest absolute Gasteiger partial charge is 0.410 e. The molecule has 0 radical (unpaired) electrons. The van der Waals surface area contributed by atoms with Crippen LogP contribution in [0.5, 0.6) is 5.75 Å². The molecule has 132 valence electrons. The first-order chi connectivity index (χ1) is 11.3. The highest BCUT2D eigenvalue weighted by Crippen LogP contribution is 2.36. The summed E-state index contributed by atoms with van der Waals surface area (Å²) in [5, 5.41) is 0.762. The zero-order valence-electron chi connectivity index (χ0n) is 14.7. The second-order valence-corrected chi connectivity index (χ2v) is 8.27. The highest BCUT2D eigenvalue weighted by Gasteiger charge is 2.33. The first-order valence-electron chi connectivity index (χ1n) is 8.71. The van der Waals surface area contributed by atoms with Gasteiger partial charge in [0.05, 0.1) is 6.61 Å². The average Bonchev–Trinajstić information content (AvgIpc) is 2.52. The average molecular weight is 352 g/mol. The van der Waals surface area contributed by atoms with E-state index in [1.165, 1.54) is 5.56 Å². The molecule has 1 aromatic carbocycles. The summed E-state index contributed by atoms with van der Waals surface area (Å²) in [7, 11) is 0. The van der Waals surface area contributed by atoms with E-state index in [9.17, 15) is 4.79 Å². The fourth-order valence-corrected chi connectivity index (χ4v) is 3.76. The number of carbonyl (C=O) groups is 1. The maximum atomic E-state index is 12.2. The summed E-state index contributed by atoms with van der Waals surface area (Å²) < 4.78 is 11.4. The quantitative estimate of drug-likeness (QED) is 0.745. The van der Waals surface area contributed by atoms with Crippen LogP contribution < -0.4 is 4.74 Å². The Morgan fingerprint density at radius 3 is 2.62 bits per heavy atom. The van der Waals surface area contributed by atoms with Gasteiger partial charge in [-0.25, -0.2) is 4.79 Å². The fourth-order valence-electron chi connectivity index (χ4n) is 3.57. The summed E-state index contributed by atoms with van der Waals surface area (Å²) in [5.74, 6) is 2.04. The lowest BCUT2D eigenvalue weighted by Gasteiger charge is -2.38. The predicted molar refractivity (Wildman–Crippen MR) is 94.7 cm³/mol. The van der Waals surface area contributed by atoms with Crippen molar-refractivity contribution in [3.8, 4) is 5.75 Å². The Balaban J connectivity index is 1.55. The minimum absolute atomic E-state index is 0.196. The predicted octanol–water partition coefficient (Wildman–Crippen LogP) is 4.54.